The molecule has 0 heterocycles. The zero-order chi connectivity index (χ0) is 14.5. The molecule has 2 rings (SSSR count). The molecule has 4 heteroatoms. The van der Waals surface area contributed by atoms with Gasteiger partial charge in [-0.1, -0.05) is 54.4 Å². The van der Waals surface area contributed by atoms with Crippen molar-refractivity contribution >= 4 is 23.2 Å². The van der Waals surface area contributed by atoms with E-state index in [9.17, 15) is 0 Å². The first-order valence-electron chi connectivity index (χ1n) is 6.48. The van der Waals surface area contributed by atoms with Crippen LogP contribution in [0.25, 0.3) is 0 Å². The summed E-state index contributed by atoms with van der Waals surface area (Å²) in [5.74, 6) is 0.837. The highest BCUT2D eigenvalue weighted by atomic mass is 35.5. The van der Waals surface area contributed by atoms with E-state index in [4.69, 9.17) is 27.9 Å². The first kappa shape index (κ1) is 15.2. The molecule has 0 amide bonds. The molecule has 0 spiro atoms. The third-order valence-electron chi connectivity index (χ3n) is 3.13. The van der Waals surface area contributed by atoms with Crippen LogP contribution in [-0.2, 0) is 0 Å². The Morgan fingerprint density at radius 2 is 1.85 bits per heavy atom. The highest BCUT2D eigenvalue weighted by molar-refractivity contribution is 6.35. The van der Waals surface area contributed by atoms with Crippen LogP contribution in [0.15, 0.2) is 42.5 Å². The Hall–Kier alpha value is -1.22. The second-order valence-corrected chi connectivity index (χ2v) is 5.24. The molecule has 1 N–H and O–H groups in total. The Bertz CT molecular complexity index is 586. The van der Waals surface area contributed by atoms with Crippen LogP contribution in [0.1, 0.15) is 24.1 Å². The Morgan fingerprint density at radius 1 is 1.10 bits per heavy atom. The lowest BCUT2D eigenvalue weighted by Gasteiger charge is -2.22. The van der Waals surface area contributed by atoms with Crippen molar-refractivity contribution in [3.63, 3.8) is 0 Å². The van der Waals surface area contributed by atoms with E-state index in [0.717, 1.165) is 23.4 Å². The second kappa shape index (κ2) is 6.98. The summed E-state index contributed by atoms with van der Waals surface area (Å²) in [5, 5.41) is 4.72. The summed E-state index contributed by atoms with van der Waals surface area (Å²) in [4.78, 5) is 0. The molecule has 0 bridgehead atoms. The highest BCUT2D eigenvalue weighted by Crippen LogP contribution is 2.34. The molecule has 1 unspecified atom stereocenters. The molecule has 20 heavy (non-hydrogen) atoms. The van der Waals surface area contributed by atoms with E-state index in [1.165, 1.54) is 0 Å². The van der Waals surface area contributed by atoms with Crippen molar-refractivity contribution in [1.29, 1.82) is 0 Å². The number of hydrogen-bond donors (Lipinski definition) is 1. The fourth-order valence-electron chi connectivity index (χ4n) is 2.23. The average molecular weight is 310 g/mol. The number of hydrogen-bond acceptors (Lipinski definition) is 2. The van der Waals surface area contributed by atoms with E-state index in [-0.39, 0.29) is 6.04 Å². The molecule has 0 aliphatic carbocycles. The molecule has 2 aromatic rings. The number of halogens is 2. The first-order valence-corrected chi connectivity index (χ1v) is 7.24. The van der Waals surface area contributed by atoms with Gasteiger partial charge in [-0.3, -0.25) is 0 Å². The number of methoxy groups -OCH3 is 1. The van der Waals surface area contributed by atoms with Crippen LogP contribution in [0.3, 0.4) is 0 Å². The van der Waals surface area contributed by atoms with E-state index < -0.39 is 0 Å². The van der Waals surface area contributed by atoms with E-state index in [1.807, 2.05) is 36.4 Å². The van der Waals surface area contributed by atoms with Crippen LogP contribution in [0, 0.1) is 0 Å². The molecule has 2 nitrogen and oxygen atoms in total. The number of benzene rings is 2. The minimum absolute atomic E-state index is 0.0269. The van der Waals surface area contributed by atoms with Gasteiger partial charge in [0.05, 0.1) is 13.2 Å². The van der Waals surface area contributed by atoms with Crippen molar-refractivity contribution in [1.82, 2.24) is 5.32 Å². The van der Waals surface area contributed by atoms with Gasteiger partial charge in [0.1, 0.15) is 5.75 Å². The molecular weight excluding hydrogens is 293 g/mol. The molecule has 0 saturated heterocycles. The Morgan fingerprint density at radius 3 is 2.50 bits per heavy atom. The van der Waals surface area contributed by atoms with Gasteiger partial charge in [-0.05, 0) is 30.3 Å². The zero-order valence-electron chi connectivity index (χ0n) is 11.5. The average Bonchev–Trinajstić information content (AvgIpc) is 2.45. The molecule has 0 aromatic heterocycles. The molecular formula is C16H17Cl2NO. The Kier molecular flexibility index (Phi) is 5.30. The summed E-state index contributed by atoms with van der Waals surface area (Å²) in [6.07, 6.45) is 0. The van der Waals surface area contributed by atoms with Gasteiger partial charge in [0.2, 0.25) is 0 Å². The minimum atomic E-state index is -0.0269. The predicted molar refractivity (Wildman–Crippen MR) is 85.0 cm³/mol. The lowest BCUT2D eigenvalue weighted by molar-refractivity contribution is 0.404. The normalized spacial score (nSPS) is 12.2. The van der Waals surface area contributed by atoms with Crippen molar-refractivity contribution in [2.24, 2.45) is 0 Å². The van der Waals surface area contributed by atoms with Gasteiger partial charge in [-0.25, -0.2) is 0 Å². The molecule has 0 aliphatic rings. The summed E-state index contributed by atoms with van der Waals surface area (Å²) in [6, 6.07) is 13.5. The predicted octanol–water partition coefficient (Wildman–Crippen LogP) is 4.70. The number of para-hydroxylation sites is 1. The maximum atomic E-state index is 6.34. The highest BCUT2D eigenvalue weighted by Gasteiger charge is 2.19. The summed E-state index contributed by atoms with van der Waals surface area (Å²) in [5.41, 5.74) is 2.04. The second-order valence-electron chi connectivity index (χ2n) is 4.40. The Labute approximate surface area is 129 Å². The number of ether oxygens (including phenoxy) is 1. The third-order valence-corrected chi connectivity index (χ3v) is 3.69. The van der Waals surface area contributed by atoms with E-state index >= 15 is 0 Å². The SMILES string of the molecule is CCNC(c1ccc(Cl)cc1Cl)c1ccccc1OC. The monoisotopic (exact) mass is 309 g/mol. The van der Waals surface area contributed by atoms with E-state index in [0.29, 0.717) is 10.0 Å². The van der Waals surface area contributed by atoms with Gasteiger partial charge in [0.25, 0.3) is 0 Å². The number of nitrogens with one attached hydrogen (secondary N) is 1. The molecule has 2 aromatic carbocycles. The molecule has 1 atom stereocenters. The summed E-state index contributed by atoms with van der Waals surface area (Å²) < 4.78 is 5.45. The molecule has 0 saturated carbocycles. The zero-order valence-corrected chi connectivity index (χ0v) is 13.0. The minimum Gasteiger partial charge on any atom is -0.496 e. The van der Waals surface area contributed by atoms with Gasteiger partial charge in [-0.2, -0.15) is 0 Å². The van der Waals surface area contributed by atoms with Gasteiger partial charge >= 0.3 is 0 Å². The summed E-state index contributed by atoms with van der Waals surface area (Å²) >= 11 is 12.3. The fraction of sp³-hybridized carbons (Fsp3) is 0.250. The molecule has 0 fully saturated rings. The van der Waals surface area contributed by atoms with Crippen LogP contribution >= 0.6 is 23.2 Å². The lowest BCUT2D eigenvalue weighted by atomic mass is 9.97. The van der Waals surface area contributed by atoms with Crippen molar-refractivity contribution in [3.05, 3.63) is 63.6 Å². The topological polar surface area (TPSA) is 21.3 Å². The maximum absolute atomic E-state index is 6.34. The van der Waals surface area contributed by atoms with Crippen LogP contribution < -0.4 is 10.1 Å². The Balaban J connectivity index is 2.50. The van der Waals surface area contributed by atoms with Crippen LogP contribution in [0.5, 0.6) is 5.75 Å². The first-order chi connectivity index (χ1) is 9.67. The van der Waals surface area contributed by atoms with Gasteiger partial charge in [-0.15, -0.1) is 0 Å². The summed E-state index contributed by atoms with van der Waals surface area (Å²) in [6.45, 7) is 2.88. The van der Waals surface area contributed by atoms with Crippen molar-refractivity contribution in [2.75, 3.05) is 13.7 Å². The standard InChI is InChI=1S/C16H17Cl2NO/c1-3-19-16(12-9-8-11(17)10-14(12)18)13-6-4-5-7-15(13)20-2/h4-10,16,19H,3H2,1-2H3. The maximum Gasteiger partial charge on any atom is 0.123 e. The quantitative estimate of drug-likeness (QED) is 0.864. The smallest absolute Gasteiger partial charge is 0.123 e. The van der Waals surface area contributed by atoms with Gasteiger partial charge in [0, 0.05) is 15.6 Å². The van der Waals surface area contributed by atoms with Gasteiger partial charge < -0.3 is 10.1 Å². The van der Waals surface area contributed by atoms with Crippen molar-refractivity contribution in [2.45, 2.75) is 13.0 Å². The van der Waals surface area contributed by atoms with Crippen LogP contribution in [-0.4, -0.2) is 13.7 Å². The van der Waals surface area contributed by atoms with Crippen LogP contribution in [0.4, 0.5) is 0 Å². The number of rotatable bonds is 5. The molecule has 106 valence electrons. The van der Waals surface area contributed by atoms with Crippen LogP contribution in [0.2, 0.25) is 10.0 Å². The molecule has 0 radical (unpaired) electrons. The lowest BCUT2D eigenvalue weighted by Crippen LogP contribution is -2.22. The van der Waals surface area contributed by atoms with E-state index in [2.05, 4.69) is 12.2 Å². The molecule has 0 aliphatic heterocycles. The third kappa shape index (κ3) is 3.26. The van der Waals surface area contributed by atoms with Gasteiger partial charge in [0.15, 0.2) is 0 Å². The van der Waals surface area contributed by atoms with Crippen molar-refractivity contribution in [3.8, 4) is 5.75 Å². The van der Waals surface area contributed by atoms with Crippen molar-refractivity contribution < 1.29 is 4.74 Å². The summed E-state index contributed by atoms with van der Waals surface area (Å²) in [7, 11) is 1.67. The largest absolute Gasteiger partial charge is 0.496 e. The van der Waals surface area contributed by atoms with E-state index in [1.54, 1.807) is 13.2 Å². The fourth-order valence-corrected chi connectivity index (χ4v) is 2.75.